The van der Waals surface area contributed by atoms with Gasteiger partial charge in [-0.15, -0.1) is 0 Å². The Bertz CT molecular complexity index is 1210. The third-order valence-corrected chi connectivity index (χ3v) is 5.32. The molecule has 3 aromatic rings. The lowest BCUT2D eigenvalue weighted by molar-refractivity contribution is -0.117. The van der Waals surface area contributed by atoms with Crippen molar-refractivity contribution >= 4 is 23.6 Å². The summed E-state index contributed by atoms with van der Waals surface area (Å²) in [5.74, 6) is 1.11. The molecule has 0 atom stereocenters. The molecule has 0 radical (unpaired) electrons. The van der Waals surface area contributed by atoms with Crippen molar-refractivity contribution in [3.8, 4) is 17.2 Å². The van der Waals surface area contributed by atoms with Crippen molar-refractivity contribution in [2.24, 2.45) is 0 Å². The fourth-order valence-electron chi connectivity index (χ4n) is 3.55. The minimum atomic E-state index is -0.453. The minimum Gasteiger partial charge on any atom is -0.493 e. The van der Waals surface area contributed by atoms with Crippen LogP contribution in [0.3, 0.4) is 0 Å². The molecule has 1 aliphatic rings. The fraction of sp³-hybridized carbons (Fsp3) is 0.214. The first-order valence-corrected chi connectivity index (χ1v) is 11.6. The number of hydrazine groups is 1. The summed E-state index contributed by atoms with van der Waals surface area (Å²) in [7, 11) is 0. The number of carbonyl (C=O) groups excluding carboxylic acids is 2. The van der Waals surface area contributed by atoms with Crippen LogP contribution < -0.4 is 24.6 Å². The third-order valence-electron chi connectivity index (χ3n) is 5.32. The van der Waals surface area contributed by atoms with E-state index in [-0.39, 0.29) is 5.57 Å². The molecule has 0 aromatic heterocycles. The maximum atomic E-state index is 12.8. The SMILES string of the molecule is CCOc1cc(/C=C2/C(=O)NN(c3ccccc3)C2=O)ccc1OCCCOc1ccc(C)cc1. The van der Waals surface area contributed by atoms with Crippen molar-refractivity contribution in [1.82, 2.24) is 5.43 Å². The van der Waals surface area contributed by atoms with Crippen LogP contribution in [0.25, 0.3) is 6.08 Å². The highest BCUT2D eigenvalue weighted by Gasteiger charge is 2.34. The average Bonchev–Trinajstić information content (AvgIpc) is 3.15. The number of aryl methyl sites for hydroxylation is 1. The number of hydrogen-bond donors (Lipinski definition) is 1. The summed E-state index contributed by atoms with van der Waals surface area (Å²) >= 11 is 0. The quantitative estimate of drug-likeness (QED) is 0.263. The highest BCUT2D eigenvalue weighted by Crippen LogP contribution is 2.30. The van der Waals surface area contributed by atoms with Crippen LogP contribution in [0.5, 0.6) is 17.2 Å². The summed E-state index contributed by atoms with van der Waals surface area (Å²) < 4.78 is 17.4. The lowest BCUT2D eigenvalue weighted by Crippen LogP contribution is -2.35. The van der Waals surface area contributed by atoms with Gasteiger partial charge < -0.3 is 14.2 Å². The summed E-state index contributed by atoms with van der Waals surface area (Å²) in [4.78, 5) is 25.3. The Balaban J connectivity index is 1.39. The number of anilines is 1. The highest BCUT2D eigenvalue weighted by atomic mass is 16.5. The number of benzene rings is 3. The van der Waals surface area contributed by atoms with Crippen LogP contribution in [0.15, 0.2) is 78.4 Å². The molecule has 1 aliphatic heterocycles. The van der Waals surface area contributed by atoms with Gasteiger partial charge in [-0.3, -0.25) is 15.0 Å². The van der Waals surface area contributed by atoms with Gasteiger partial charge in [-0.1, -0.05) is 42.0 Å². The maximum absolute atomic E-state index is 12.8. The lowest BCUT2D eigenvalue weighted by Gasteiger charge is -2.14. The molecule has 7 heteroatoms. The summed E-state index contributed by atoms with van der Waals surface area (Å²) in [6.07, 6.45) is 2.26. The average molecular weight is 473 g/mol. The van der Waals surface area contributed by atoms with E-state index in [1.54, 1.807) is 48.5 Å². The molecule has 0 spiro atoms. The summed E-state index contributed by atoms with van der Waals surface area (Å²) in [6.45, 7) is 5.37. The van der Waals surface area contributed by atoms with Crippen molar-refractivity contribution in [2.45, 2.75) is 20.3 Å². The molecule has 180 valence electrons. The molecule has 2 amide bonds. The monoisotopic (exact) mass is 472 g/mol. The Hall–Kier alpha value is -4.26. The van der Waals surface area contributed by atoms with Gasteiger partial charge in [-0.25, -0.2) is 5.01 Å². The van der Waals surface area contributed by atoms with Gasteiger partial charge in [-0.05, 0) is 61.9 Å². The van der Waals surface area contributed by atoms with Crippen LogP contribution in [0.4, 0.5) is 5.69 Å². The van der Waals surface area contributed by atoms with E-state index in [1.807, 2.05) is 44.2 Å². The molecule has 3 aromatic carbocycles. The Morgan fingerprint density at radius 1 is 0.857 bits per heavy atom. The van der Waals surface area contributed by atoms with E-state index in [1.165, 1.54) is 10.6 Å². The molecular formula is C28H28N2O5. The van der Waals surface area contributed by atoms with Gasteiger partial charge in [0.2, 0.25) is 0 Å². The molecular weight excluding hydrogens is 444 g/mol. The van der Waals surface area contributed by atoms with Crippen molar-refractivity contribution in [1.29, 1.82) is 0 Å². The number of para-hydroxylation sites is 1. The van der Waals surface area contributed by atoms with Crippen LogP contribution in [0.1, 0.15) is 24.5 Å². The second-order valence-corrected chi connectivity index (χ2v) is 7.98. The van der Waals surface area contributed by atoms with Gasteiger partial charge in [0, 0.05) is 6.42 Å². The van der Waals surface area contributed by atoms with Crippen LogP contribution in [-0.4, -0.2) is 31.6 Å². The van der Waals surface area contributed by atoms with E-state index in [2.05, 4.69) is 5.43 Å². The van der Waals surface area contributed by atoms with Crippen molar-refractivity contribution < 1.29 is 23.8 Å². The second kappa shape index (κ2) is 11.2. The standard InChI is InChI=1S/C28H28N2O5/c1-3-33-26-19-21(18-24-27(31)29-30(28(24)32)22-8-5-4-6-9-22)12-15-25(26)35-17-7-16-34-23-13-10-20(2)11-14-23/h4-6,8-15,18-19H,3,7,16-17H2,1-2H3,(H,29,31)/b24-18-. The predicted molar refractivity (Wildman–Crippen MR) is 134 cm³/mol. The highest BCUT2D eigenvalue weighted by molar-refractivity contribution is 6.31. The van der Waals surface area contributed by atoms with Crippen molar-refractivity contribution in [3.63, 3.8) is 0 Å². The van der Waals surface area contributed by atoms with E-state index in [0.717, 1.165) is 5.75 Å². The Labute approximate surface area is 204 Å². The first-order valence-electron chi connectivity index (χ1n) is 11.6. The lowest BCUT2D eigenvalue weighted by atomic mass is 10.1. The molecule has 0 saturated carbocycles. The molecule has 1 saturated heterocycles. The molecule has 0 unspecified atom stereocenters. The summed E-state index contributed by atoms with van der Waals surface area (Å²) in [5.41, 5.74) is 5.11. The van der Waals surface area contributed by atoms with Gasteiger partial charge in [0.15, 0.2) is 11.5 Å². The van der Waals surface area contributed by atoms with E-state index in [4.69, 9.17) is 14.2 Å². The molecule has 35 heavy (non-hydrogen) atoms. The normalized spacial score (nSPS) is 14.2. The van der Waals surface area contributed by atoms with E-state index >= 15 is 0 Å². The van der Waals surface area contributed by atoms with Gasteiger partial charge in [0.1, 0.15) is 11.3 Å². The van der Waals surface area contributed by atoms with Crippen LogP contribution >= 0.6 is 0 Å². The third kappa shape index (κ3) is 6.00. The summed E-state index contributed by atoms with van der Waals surface area (Å²) in [5, 5.41) is 1.24. The van der Waals surface area contributed by atoms with Gasteiger partial charge in [-0.2, -0.15) is 0 Å². The minimum absolute atomic E-state index is 0.0539. The van der Waals surface area contributed by atoms with E-state index in [9.17, 15) is 9.59 Å². The Morgan fingerprint density at radius 3 is 2.34 bits per heavy atom. The van der Waals surface area contributed by atoms with Crippen LogP contribution in [0, 0.1) is 6.92 Å². The predicted octanol–water partition coefficient (Wildman–Crippen LogP) is 4.70. The van der Waals surface area contributed by atoms with Crippen molar-refractivity contribution in [2.75, 3.05) is 24.8 Å². The topological polar surface area (TPSA) is 77.1 Å². The molecule has 0 aliphatic carbocycles. The van der Waals surface area contributed by atoms with E-state index < -0.39 is 11.8 Å². The molecule has 4 rings (SSSR count). The molecule has 1 N–H and O–H groups in total. The molecule has 1 fully saturated rings. The number of ether oxygens (including phenoxy) is 3. The zero-order valence-electron chi connectivity index (χ0n) is 19.8. The van der Waals surface area contributed by atoms with Crippen LogP contribution in [0.2, 0.25) is 0 Å². The fourth-order valence-corrected chi connectivity index (χ4v) is 3.55. The van der Waals surface area contributed by atoms with E-state index in [0.29, 0.717) is 49.0 Å². The first kappa shape index (κ1) is 23.9. The number of hydrogen-bond acceptors (Lipinski definition) is 5. The smallest absolute Gasteiger partial charge is 0.282 e. The Kier molecular flexibility index (Phi) is 7.67. The largest absolute Gasteiger partial charge is 0.493 e. The number of nitrogens with zero attached hydrogens (tertiary/aromatic N) is 1. The molecule has 0 bridgehead atoms. The van der Waals surface area contributed by atoms with Gasteiger partial charge in [0.25, 0.3) is 11.8 Å². The number of carbonyl (C=O) groups is 2. The molecule has 1 heterocycles. The van der Waals surface area contributed by atoms with Gasteiger partial charge >= 0.3 is 0 Å². The van der Waals surface area contributed by atoms with Gasteiger partial charge in [0.05, 0.1) is 25.5 Å². The van der Waals surface area contributed by atoms with Crippen molar-refractivity contribution in [3.05, 3.63) is 89.5 Å². The zero-order chi connectivity index (χ0) is 24.6. The number of nitrogens with one attached hydrogen (secondary N) is 1. The number of rotatable bonds is 10. The summed E-state index contributed by atoms with van der Waals surface area (Å²) in [6, 6.07) is 22.2. The zero-order valence-corrected chi connectivity index (χ0v) is 19.8. The van der Waals surface area contributed by atoms with Crippen LogP contribution in [-0.2, 0) is 9.59 Å². The second-order valence-electron chi connectivity index (χ2n) is 7.98. The first-order chi connectivity index (χ1) is 17.0. The Morgan fingerprint density at radius 2 is 1.60 bits per heavy atom. The number of amides is 2. The maximum Gasteiger partial charge on any atom is 0.282 e. The molecule has 7 nitrogen and oxygen atoms in total.